The van der Waals surface area contributed by atoms with Gasteiger partial charge in [-0.15, -0.1) is 12.4 Å². The molecule has 3 N–H and O–H groups in total. The van der Waals surface area contributed by atoms with Gasteiger partial charge in [0.15, 0.2) is 6.61 Å². The van der Waals surface area contributed by atoms with Crippen LogP contribution in [0.5, 0.6) is 5.75 Å². The van der Waals surface area contributed by atoms with E-state index in [1.807, 2.05) is 30.3 Å². The van der Waals surface area contributed by atoms with Crippen LogP contribution in [-0.4, -0.2) is 49.0 Å². The average molecular weight is 382 g/mol. The Morgan fingerprint density at radius 1 is 1.23 bits per heavy atom. The quantitative estimate of drug-likeness (QED) is 0.751. The first-order valence-corrected chi connectivity index (χ1v) is 9.13. The number of nitrogens with two attached hydrogens (primary N) is 1. The highest BCUT2D eigenvalue weighted by molar-refractivity contribution is 5.85. The number of hydrogen-bond donors (Lipinski definition) is 2. The highest BCUT2D eigenvalue weighted by Gasteiger charge is 2.34. The summed E-state index contributed by atoms with van der Waals surface area (Å²) in [6, 6.07) is 9.37. The van der Waals surface area contributed by atoms with Crippen molar-refractivity contribution in [3.8, 4) is 5.75 Å². The van der Waals surface area contributed by atoms with E-state index < -0.39 is 0 Å². The molecule has 2 aliphatic rings. The summed E-state index contributed by atoms with van der Waals surface area (Å²) in [5.41, 5.74) is 5.77. The zero-order valence-electron chi connectivity index (χ0n) is 14.9. The van der Waals surface area contributed by atoms with Crippen LogP contribution in [-0.2, 0) is 9.59 Å². The number of nitrogens with one attached hydrogen (secondary N) is 1. The van der Waals surface area contributed by atoms with Crippen LogP contribution in [0.4, 0.5) is 0 Å². The molecule has 3 rings (SSSR count). The van der Waals surface area contributed by atoms with Crippen LogP contribution in [0.1, 0.15) is 25.7 Å². The van der Waals surface area contributed by atoms with Crippen molar-refractivity contribution in [1.29, 1.82) is 0 Å². The third-order valence-electron chi connectivity index (χ3n) is 5.02. The molecule has 1 saturated heterocycles. The first-order valence-electron chi connectivity index (χ1n) is 9.13. The van der Waals surface area contributed by atoms with Crippen molar-refractivity contribution in [3.05, 3.63) is 30.3 Å². The lowest BCUT2D eigenvalue weighted by molar-refractivity contribution is -0.137. The highest BCUT2D eigenvalue weighted by atomic mass is 35.5. The Morgan fingerprint density at radius 3 is 2.62 bits per heavy atom. The molecule has 1 saturated carbocycles. The Morgan fingerprint density at radius 2 is 1.96 bits per heavy atom. The summed E-state index contributed by atoms with van der Waals surface area (Å²) < 4.78 is 5.53. The van der Waals surface area contributed by atoms with Gasteiger partial charge in [-0.3, -0.25) is 9.59 Å². The molecule has 0 radical (unpaired) electrons. The zero-order chi connectivity index (χ0) is 17.6. The Balaban J connectivity index is 0.00000243. The van der Waals surface area contributed by atoms with Gasteiger partial charge in [0.25, 0.3) is 5.91 Å². The maximum absolute atomic E-state index is 12.5. The molecule has 1 aliphatic heterocycles. The summed E-state index contributed by atoms with van der Waals surface area (Å²) in [5.74, 6) is 1.02. The second-order valence-electron chi connectivity index (χ2n) is 6.97. The van der Waals surface area contributed by atoms with Crippen LogP contribution in [0.25, 0.3) is 0 Å². The Kier molecular flexibility index (Phi) is 7.72. The summed E-state index contributed by atoms with van der Waals surface area (Å²) in [6.45, 7) is 1.64. The summed E-state index contributed by atoms with van der Waals surface area (Å²) in [7, 11) is 0. The number of amides is 2. The molecule has 26 heavy (non-hydrogen) atoms. The van der Waals surface area contributed by atoms with Crippen molar-refractivity contribution in [2.24, 2.45) is 17.6 Å². The largest absolute Gasteiger partial charge is 0.484 e. The van der Waals surface area contributed by atoms with Crippen LogP contribution < -0.4 is 15.8 Å². The minimum atomic E-state index is -0.151. The summed E-state index contributed by atoms with van der Waals surface area (Å²) in [5, 5.41) is 3.08. The standard InChI is InChI=1S/C19H27N3O3.ClH/c20-11-17(14-8-9-14)21-19(24)15-5-4-10-22(12-15)18(23)13-25-16-6-2-1-3-7-16;/h1-3,6-7,14-15,17H,4-5,8-13,20H2,(H,21,24);1H. The summed E-state index contributed by atoms with van der Waals surface area (Å²) in [6.07, 6.45) is 3.95. The van der Waals surface area contributed by atoms with Gasteiger partial charge in [-0.2, -0.15) is 0 Å². The lowest BCUT2D eigenvalue weighted by atomic mass is 9.96. The molecule has 1 aromatic rings. The predicted octanol–water partition coefficient (Wildman–Crippen LogP) is 1.58. The number of benzene rings is 1. The topological polar surface area (TPSA) is 84.7 Å². The van der Waals surface area contributed by atoms with E-state index >= 15 is 0 Å². The van der Waals surface area contributed by atoms with Gasteiger partial charge in [-0.05, 0) is 43.7 Å². The van der Waals surface area contributed by atoms with E-state index in [4.69, 9.17) is 10.5 Å². The summed E-state index contributed by atoms with van der Waals surface area (Å²) >= 11 is 0. The third kappa shape index (κ3) is 5.61. The first-order chi connectivity index (χ1) is 12.2. The summed E-state index contributed by atoms with van der Waals surface area (Å²) in [4.78, 5) is 26.6. The van der Waals surface area contributed by atoms with Crippen molar-refractivity contribution in [3.63, 3.8) is 0 Å². The Hall–Kier alpha value is -1.79. The minimum Gasteiger partial charge on any atom is -0.484 e. The van der Waals surface area contributed by atoms with E-state index in [1.165, 1.54) is 0 Å². The van der Waals surface area contributed by atoms with E-state index in [0.717, 1.165) is 25.7 Å². The van der Waals surface area contributed by atoms with Crippen LogP contribution in [0.15, 0.2) is 30.3 Å². The fourth-order valence-corrected chi connectivity index (χ4v) is 3.34. The fourth-order valence-electron chi connectivity index (χ4n) is 3.34. The molecule has 2 amide bonds. The molecule has 2 atom stereocenters. The number of halogens is 1. The molecule has 0 bridgehead atoms. The SMILES string of the molecule is Cl.NCC(NC(=O)C1CCCN(C(=O)COc2ccccc2)C1)C1CC1. The Labute approximate surface area is 160 Å². The number of rotatable bonds is 7. The highest BCUT2D eigenvalue weighted by Crippen LogP contribution is 2.32. The molecule has 1 aromatic carbocycles. The minimum absolute atomic E-state index is 0. The van der Waals surface area contributed by atoms with Crippen molar-refractivity contribution in [1.82, 2.24) is 10.2 Å². The van der Waals surface area contributed by atoms with Crippen molar-refractivity contribution >= 4 is 24.2 Å². The van der Waals surface area contributed by atoms with Crippen LogP contribution in [0, 0.1) is 11.8 Å². The average Bonchev–Trinajstić information content (AvgIpc) is 3.50. The van der Waals surface area contributed by atoms with Crippen molar-refractivity contribution < 1.29 is 14.3 Å². The van der Waals surface area contributed by atoms with Gasteiger partial charge in [-0.1, -0.05) is 18.2 Å². The van der Waals surface area contributed by atoms with Gasteiger partial charge >= 0.3 is 0 Å². The van der Waals surface area contributed by atoms with Crippen molar-refractivity contribution in [2.75, 3.05) is 26.2 Å². The van der Waals surface area contributed by atoms with Crippen LogP contribution >= 0.6 is 12.4 Å². The normalized spacial score (nSPS) is 20.7. The smallest absolute Gasteiger partial charge is 0.260 e. The molecular weight excluding hydrogens is 354 g/mol. The van der Waals surface area contributed by atoms with Gasteiger partial charge in [0, 0.05) is 25.7 Å². The molecule has 0 spiro atoms. The molecule has 0 aromatic heterocycles. The maximum Gasteiger partial charge on any atom is 0.260 e. The van der Waals surface area contributed by atoms with E-state index in [1.54, 1.807) is 4.90 Å². The molecular formula is C19H28ClN3O3. The molecule has 6 nitrogen and oxygen atoms in total. The predicted molar refractivity (Wildman–Crippen MR) is 102 cm³/mol. The van der Waals surface area contributed by atoms with Gasteiger partial charge < -0.3 is 20.7 Å². The monoisotopic (exact) mass is 381 g/mol. The van der Waals surface area contributed by atoms with Gasteiger partial charge in [-0.25, -0.2) is 0 Å². The van der Waals surface area contributed by atoms with Gasteiger partial charge in [0.2, 0.25) is 5.91 Å². The number of para-hydroxylation sites is 1. The van der Waals surface area contributed by atoms with Gasteiger partial charge in [0.1, 0.15) is 5.75 Å². The number of ether oxygens (including phenoxy) is 1. The zero-order valence-corrected chi connectivity index (χ0v) is 15.7. The first kappa shape index (κ1) is 20.5. The lowest BCUT2D eigenvalue weighted by Gasteiger charge is -2.32. The van der Waals surface area contributed by atoms with Crippen LogP contribution in [0.3, 0.4) is 0 Å². The lowest BCUT2D eigenvalue weighted by Crippen LogP contribution is -2.50. The number of carbonyl (C=O) groups excluding carboxylic acids is 2. The fraction of sp³-hybridized carbons (Fsp3) is 0.579. The van der Waals surface area contributed by atoms with E-state index in [-0.39, 0.29) is 42.8 Å². The number of likely N-dealkylation sites (tertiary alicyclic amines) is 1. The Bertz CT molecular complexity index is 595. The maximum atomic E-state index is 12.5. The molecule has 7 heteroatoms. The van der Waals surface area contributed by atoms with Crippen LogP contribution in [0.2, 0.25) is 0 Å². The second-order valence-corrected chi connectivity index (χ2v) is 6.97. The van der Waals surface area contributed by atoms with Crippen molar-refractivity contribution in [2.45, 2.75) is 31.7 Å². The number of nitrogens with zero attached hydrogens (tertiary/aromatic N) is 1. The molecule has 1 heterocycles. The molecule has 1 aliphatic carbocycles. The van der Waals surface area contributed by atoms with Gasteiger partial charge in [0.05, 0.1) is 5.92 Å². The molecule has 2 unspecified atom stereocenters. The van der Waals surface area contributed by atoms with E-state index in [9.17, 15) is 9.59 Å². The number of piperidine rings is 1. The van der Waals surface area contributed by atoms with E-state index in [2.05, 4.69) is 5.32 Å². The van der Waals surface area contributed by atoms with E-state index in [0.29, 0.717) is 31.3 Å². The number of hydrogen-bond acceptors (Lipinski definition) is 4. The second kappa shape index (κ2) is 9.78. The number of carbonyl (C=O) groups is 2. The third-order valence-corrected chi connectivity index (χ3v) is 5.02. The molecule has 144 valence electrons. The molecule has 2 fully saturated rings.